The number of rotatable bonds is 7. The molecule has 0 heterocycles. The Balaban J connectivity index is 4.66. The summed E-state index contributed by atoms with van der Waals surface area (Å²) in [6, 6.07) is -0.858. The van der Waals surface area contributed by atoms with Gasteiger partial charge in [-0.2, -0.15) is 0 Å². The molecule has 0 saturated heterocycles. The normalized spacial score (nSPS) is 13.5. The molecule has 1 amide bonds. The van der Waals surface area contributed by atoms with Crippen molar-refractivity contribution < 1.29 is 14.7 Å². The van der Waals surface area contributed by atoms with Gasteiger partial charge in [0.25, 0.3) is 0 Å². The Morgan fingerprint density at radius 1 is 1.29 bits per heavy atom. The maximum atomic E-state index is 11.9. The van der Waals surface area contributed by atoms with E-state index in [0.29, 0.717) is 19.3 Å². The Labute approximate surface area is 103 Å². The number of aliphatic carboxylic acids is 1. The van der Waals surface area contributed by atoms with E-state index in [1.165, 1.54) is 0 Å². The van der Waals surface area contributed by atoms with Crippen molar-refractivity contribution in [2.75, 3.05) is 0 Å². The van der Waals surface area contributed by atoms with Crippen LogP contribution in [0.2, 0.25) is 0 Å². The summed E-state index contributed by atoms with van der Waals surface area (Å²) in [6.07, 6.45) is 1.39. The van der Waals surface area contributed by atoms with Crippen LogP contribution < -0.4 is 11.1 Å². The van der Waals surface area contributed by atoms with Gasteiger partial charge < -0.3 is 16.2 Å². The first-order chi connectivity index (χ1) is 7.76. The number of nitrogens with one attached hydrogen (secondary N) is 1. The molecule has 0 spiro atoms. The molecule has 1 atom stereocenters. The maximum Gasteiger partial charge on any atom is 0.326 e. The number of nitrogens with two attached hydrogens (primary N) is 1. The Morgan fingerprint density at radius 3 is 2.06 bits per heavy atom. The molecule has 17 heavy (non-hydrogen) atoms. The maximum absolute atomic E-state index is 11.9. The third-order valence-corrected chi connectivity index (χ3v) is 3.02. The van der Waals surface area contributed by atoms with Gasteiger partial charge >= 0.3 is 5.97 Å². The van der Waals surface area contributed by atoms with Crippen molar-refractivity contribution >= 4 is 11.9 Å². The zero-order valence-corrected chi connectivity index (χ0v) is 11.1. The zero-order valence-electron chi connectivity index (χ0n) is 11.1. The molecule has 0 saturated carbocycles. The van der Waals surface area contributed by atoms with Gasteiger partial charge in [-0.05, 0) is 25.2 Å². The highest BCUT2D eigenvalue weighted by Crippen LogP contribution is 2.13. The van der Waals surface area contributed by atoms with Gasteiger partial charge in [0.2, 0.25) is 5.91 Å². The lowest BCUT2D eigenvalue weighted by Crippen LogP contribution is -2.57. The number of carbonyl (C=O) groups is 2. The second-order valence-electron chi connectivity index (χ2n) is 4.86. The van der Waals surface area contributed by atoms with Crippen LogP contribution in [0.4, 0.5) is 0 Å². The van der Waals surface area contributed by atoms with E-state index in [-0.39, 0.29) is 11.8 Å². The van der Waals surface area contributed by atoms with Gasteiger partial charge in [0.05, 0.1) is 5.54 Å². The minimum absolute atomic E-state index is 0.201. The van der Waals surface area contributed by atoms with Crippen LogP contribution in [0.1, 0.15) is 47.0 Å². The second kappa shape index (κ2) is 6.59. The molecule has 0 aliphatic carbocycles. The van der Waals surface area contributed by atoms with Gasteiger partial charge in [0, 0.05) is 0 Å². The molecule has 0 unspecified atom stereocenters. The number of hydrogen-bond acceptors (Lipinski definition) is 3. The highest BCUT2D eigenvalue weighted by molar-refractivity contribution is 5.89. The average Bonchev–Trinajstić information content (AvgIpc) is 2.26. The fourth-order valence-corrected chi connectivity index (χ4v) is 1.57. The molecular formula is C12H24N2O3. The Morgan fingerprint density at radius 2 is 1.76 bits per heavy atom. The Hall–Kier alpha value is -1.10. The molecule has 0 aromatic rings. The molecular weight excluding hydrogens is 220 g/mol. The predicted octanol–water partition coefficient (Wildman–Crippen LogP) is 1.12. The SMILES string of the molecule is CCC(N)(CC)C(=O)N[C@@H](CC(C)C)C(=O)O. The van der Waals surface area contributed by atoms with Crippen molar-refractivity contribution in [3.05, 3.63) is 0 Å². The van der Waals surface area contributed by atoms with Gasteiger partial charge in [-0.25, -0.2) is 4.79 Å². The van der Waals surface area contributed by atoms with Crippen molar-refractivity contribution in [1.82, 2.24) is 5.32 Å². The first kappa shape index (κ1) is 15.9. The lowest BCUT2D eigenvalue weighted by Gasteiger charge is -2.27. The van der Waals surface area contributed by atoms with E-state index >= 15 is 0 Å². The average molecular weight is 244 g/mol. The number of amides is 1. The molecule has 100 valence electrons. The van der Waals surface area contributed by atoms with Gasteiger partial charge in [-0.1, -0.05) is 27.7 Å². The minimum Gasteiger partial charge on any atom is -0.480 e. The van der Waals surface area contributed by atoms with E-state index in [9.17, 15) is 9.59 Å². The first-order valence-corrected chi connectivity index (χ1v) is 6.09. The molecule has 0 aromatic carbocycles. The van der Waals surface area contributed by atoms with Gasteiger partial charge in [-0.3, -0.25) is 4.79 Å². The lowest BCUT2D eigenvalue weighted by molar-refractivity contribution is -0.143. The van der Waals surface area contributed by atoms with E-state index in [1.807, 2.05) is 27.7 Å². The van der Waals surface area contributed by atoms with Gasteiger partial charge in [0.1, 0.15) is 6.04 Å². The summed E-state index contributed by atoms with van der Waals surface area (Å²) in [5.74, 6) is -1.19. The standard InChI is InChI=1S/C12H24N2O3/c1-5-12(13,6-2)11(17)14-9(10(15)16)7-8(3)4/h8-9H,5-7,13H2,1-4H3,(H,14,17)(H,15,16)/t9-/m0/s1. The summed E-state index contributed by atoms with van der Waals surface area (Å²) < 4.78 is 0. The molecule has 0 bridgehead atoms. The monoisotopic (exact) mass is 244 g/mol. The molecule has 5 nitrogen and oxygen atoms in total. The van der Waals surface area contributed by atoms with E-state index < -0.39 is 17.6 Å². The third kappa shape index (κ3) is 4.73. The summed E-state index contributed by atoms with van der Waals surface area (Å²) >= 11 is 0. The first-order valence-electron chi connectivity index (χ1n) is 6.09. The van der Waals surface area contributed by atoms with Crippen molar-refractivity contribution in [2.24, 2.45) is 11.7 Å². The summed E-state index contributed by atoms with van der Waals surface area (Å²) in [5, 5.41) is 11.6. The largest absolute Gasteiger partial charge is 0.480 e. The van der Waals surface area contributed by atoms with Crippen LogP contribution in [0.25, 0.3) is 0 Å². The molecule has 0 aromatic heterocycles. The van der Waals surface area contributed by atoms with Crippen LogP contribution in [0.3, 0.4) is 0 Å². The molecule has 4 N–H and O–H groups in total. The molecule has 0 aliphatic rings. The summed E-state index contributed by atoms with van der Waals surface area (Å²) in [5.41, 5.74) is 4.95. The highest BCUT2D eigenvalue weighted by Gasteiger charge is 2.33. The lowest BCUT2D eigenvalue weighted by atomic mass is 9.92. The van der Waals surface area contributed by atoms with E-state index in [4.69, 9.17) is 10.8 Å². The second-order valence-corrected chi connectivity index (χ2v) is 4.86. The third-order valence-electron chi connectivity index (χ3n) is 3.02. The fraction of sp³-hybridized carbons (Fsp3) is 0.833. The zero-order chi connectivity index (χ0) is 13.6. The molecule has 5 heteroatoms. The van der Waals surface area contributed by atoms with Crippen LogP contribution in [0, 0.1) is 5.92 Å². The fourth-order valence-electron chi connectivity index (χ4n) is 1.57. The van der Waals surface area contributed by atoms with Crippen LogP contribution in [0.5, 0.6) is 0 Å². The predicted molar refractivity (Wildman–Crippen MR) is 66.5 cm³/mol. The molecule has 0 radical (unpaired) electrons. The van der Waals surface area contributed by atoms with Gasteiger partial charge in [-0.15, -0.1) is 0 Å². The minimum atomic E-state index is -1.01. The summed E-state index contributed by atoms with van der Waals surface area (Å²) in [4.78, 5) is 22.9. The smallest absolute Gasteiger partial charge is 0.326 e. The summed E-state index contributed by atoms with van der Waals surface area (Å²) in [7, 11) is 0. The van der Waals surface area contributed by atoms with Crippen LogP contribution in [-0.2, 0) is 9.59 Å². The molecule has 0 aliphatic heterocycles. The van der Waals surface area contributed by atoms with E-state index in [2.05, 4.69) is 5.32 Å². The Kier molecular flexibility index (Phi) is 6.16. The van der Waals surface area contributed by atoms with Crippen molar-refractivity contribution in [2.45, 2.75) is 58.5 Å². The van der Waals surface area contributed by atoms with Crippen molar-refractivity contribution in [3.63, 3.8) is 0 Å². The number of carbonyl (C=O) groups excluding carboxylic acids is 1. The topological polar surface area (TPSA) is 92.4 Å². The number of carboxylic acids is 1. The van der Waals surface area contributed by atoms with E-state index in [0.717, 1.165) is 0 Å². The molecule has 0 fully saturated rings. The van der Waals surface area contributed by atoms with Crippen LogP contribution in [-0.4, -0.2) is 28.6 Å². The van der Waals surface area contributed by atoms with Crippen molar-refractivity contribution in [3.8, 4) is 0 Å². The quantitative estimate of drug-likeness (QED) is 0.625. The molecule has 0 rings (SSSR count). The number of carboxylic acid groups (broad SMARTS) is 1. The van der Waals surface area contributed by atoms with E-state index in [1.54, 1.807) is 0 Å². The Bertz CT molecular complexity index is 273. The number of hydrogen-bond donors (Lipinski definition) is 3. The van der Waals surface area contributed by atoms with Crippen LogP contribution in [0.15, 0.2) is 0 Å². The van der Waals surface area contributed by atoms with Gasteiger partial charge in [0.15, 0.2) is 0 Å². The van der Waals surface area contributed by atoms with Crippen LogP contribution >= 0.6 is 0 Å². The summed E-state index contributed by atoms with van der Waals surface area (Å²) in [6.45, 7) is 7.47. The van der Waals surface area contributed by atoms with Crippen molar-refractivity contribution in [1.29, 1.82) is 0 Å². The highest BCUT2D eigenvalue weighted by atomic mass is 16.4.